The molecule has 0 fully saturated rings. The average Bonchev–Trinajstić information content (AvgIpc) is 3.17. The predicted octanol–water partition coefficient (Wildman–Crippen LogP) is 2.39. The Morgan fingerprint density at radius 3 is 2.90 bits per heavy atom. The molecule has 0 radical (unpaired) electrons. The van der Waals surface area contributed by atoms with Gasteiger partial charge in [-0.15, -0.1) is 11.3 Å². The van der Waals surface area contributed by atoms with Gasteiger partial charge in [-0.2, -0.15) is 0 Å². The number of aromatic amines is 1. The molecule has 2 aromatic heterocycles. The van der Waals surface area contributed by atoms with Crippen molar-refractivity contribution in [2.24, 2.45) is 0 Å². The molecule has 0 spiro atoms. The summed E-state index contributed by atoms with van der Waals surface area (Å²) >= 11 is 1.61. The van der Waals surface area contributed by atoms with Crippen molar-refractivity contribution in [2.45, 2.75) is 13.0 Å². The average molecular weight is 298 g/mol. The summed E-state index contributed by atoms with van der Waals surface area (Å²) in [6.45, 7) is 0.420. The Morgan fingerprint density at radius 1 is 1.29 bits per heavy atom. The smallest absolute Gasteiger partial charge is 0.269 e. The lowest BCUT2D eigenvalue weighted by molar-refractivity contribution is 0.0946. The molecule has 0 unspecified atom stereocenters. The Balaban J connectivity index is 1.57. The van der Waals surface area contributed by atoms with Crippen LogP contribution in [0.5, 0.6) is 0 Å². The first-order valence-corrected chi connectivity index (χ1v) is 7.43. The molecule has 0 atom stereocenters. The van der Waals surface area contributed by atoms with Crippen LogP contribution < -0.4 is 5.32 Å². The zero-order chi connectivity index (χ0) is 14.5. The minimum absolute atomic E-state index is 0.176. The van der Waals surface area contributed by atoms with Crippen molar-refractivity contribution in [3.8, 4) is 0 Å². The molecule has 21 heavy (non-hydrogen) atoms. The number of nitrogens with one attached hydrogen (secondary N) is 2. The summed E-state index contributed by atoms with van der Waals surface area (Å²) in [6, 6.07) is 10.2. The number of nitrogens with zero attached hydrogens (tertiary/aromatic N) is 2. The number of imidazole rings is 1. The third kappa shape index (κ3) is 3.55. The summed E-state index contributed by atoms with van der Waals surface area (Å²) in [5.74, 6) is -0.176. The minimum Gasteiger partial charge on any atom is -0.345 e. The van der Waals surface area contributed by atoms with Gasteiger partial charge in [0.05, 0.1) is 29.8 Å². The van der Waals surface area contributed by atoms with Gasteiger partial charge in [0.2, 0.25) is 0 Å². The Morgan fingerprint density at radius 2 is 2.14 bits per heavy atom. The van der Waals surface area contributed by atoms with Gasteiger partial charge in [-0.25, -0.2) is 9.97 Å². The number of benzene rings is 1. The van der Waals surface area contributed by atoms with E-state index in [4.69, 9.17) is 0 Å². The van der Waals surface area contributed by atoms with Gasteiger partial charge in [-0.3, -0.25) is 4.79 Å². The van der Waals surface area contributed by atoms with E-state index in [0.717, 1.165) is 17.1 Å². The third-order valence-electron chi connectivity index (χ3n) is 2.97. The molecule has 1 amide bonds. The molecule has 6 heteroatoms. The van der Waals surface area contributed by atoms with Crippen LogP contribution in [0.3, 0.4) is 0 Å². The summed E-state index contributed by atoms with van der Waals surface area (Å²) in [6.07, 6.45) is 3.80. The van der Waals surface area contributed by atoms with E-state index in [-0.39, 0.29) is 5.91 Å². The lowest BCUT2D eigenvalue weighted by atomic mass is 10.2. The second kappa shape index (κ2) is 6.32. The number of thiazole rings is 1. The second-order valence-electron chi connectivity index (χ2n) is 4.54. The molecule has 0 aliphatic rings. The highest BCUT2D eigenvalue weighted by Gasteiger charge is 2.08. The summed E-state index contributed by atoms with van der Waals surface area (Å²) in [5, 5.41) is 5.84. The zero-order valence-corrected chi connectivity index (χ0v) is 12.1. The standard InChI is InChI=1S/C15H14N4OS/c20-15(13-8-16-10-18-13)17-7-12-9-21-14(19-12)6-11-4-2-1-3-5-11/h1-5,8-10H,6-7H2,(H,16,18)(H,17,20). The molecule has 5 nitrogen and oxygen atoms in total. The maximum absolute atomic E-state index is 11.8. The number of carbonyl (C=O) groups is 1. The molecule has 0 bridgehead atoms. The first-order chi connectivity index (χ1) is 10.3. The Bertz CT molecular complexity index is 706. The maximum atomic E-state index is 11.8. The number of H-pyrrole nitrogens is 1. The maximum Gasteiger partial charge on any atom is 0.269 e. The minimum atomic E-state index is -0.176. The van der Waals surface area contributed by atoms with Gasteiger partial charge in [0, 0.05) is 11.8 Å². The summed E-state index contributed by atoms with van der Waals surface area (Å²) in [7, 11) is 0. The Labute approximate surface area is 126 Å². The number of carbonyl (C=O) groups excluding carboxylic acids is 1. The van der Waals surface area contributed by atoms with Crippen LogP contribution in [0.2, 0.25) is 0 Å². The largest absolute Gasteiger partial charge is 0.345 e. The van der Waals surface area contributed by atoms with Crippen molar-refractivity contribution < 1.29 is 4.79 Å². The molecule has 0 aliphatic heterocycles. The first kappa shape index (κ1) is 13.5. The van der Waals surface area contributed by atoms with Gasteiger partial charge >= 0.3 is 0 Å². The van der Waals surface area contributed by atoms with Gasteiger partial charge in [0.1, 0.15) is 5.69 Å². The highest BCUT2D eigenvalue weighted by molar-refractivity contribution is 7.09. The van der Waals surface area contributed by atoms with E-state index in [1.54, 1.807) is 11.3 Å². The van der Waals surface area contributed by atoms with Crippen molar-refractivity contribution in [2.75, 3.05) is 0 Å². The highest BCUT2D eigenvalue weighted by Crippen LogP contribution is 2.14. The van der Waals surface area contributed by atoms with Crippen LogP contribution in [0.25, 0.3) is 0 Å². The van der Waals surface area contributed by atoms with Crippen LogP contribution in [-0.2, 0) is 13.0 Å². The van der Waals surface area contributed by atoms with Crippen molar-refractivity contribution in [1.29, 1.82) is 0 Å². The second-order valence-corrected chi connectivity index (χ2v) is 5.49. The number of hydrogen-bond acceptors (Lipinski definition) is 4. The number of hydrogen-bond donors (Lipinski definition) is 2. The van der Waals surface area contributed by atoms with Crippen molar-refractivity contribution in [3.63, 3.8) is 0 Å². The van der Waals surface area contributed by atoms with E-state index >= 15 is 0 Å². The Hall–Kier alpha value is -2.47. The van der Waals surface area contributed by atoms with E-state index in [2.05, 4.69) is 32.4 Å². The summed E-state index contributed by atoms with van der Waals surface area (Å²) in [5.41, 5.74) is 2.56. The zero-order valence-electron chi connectivity index (χ0n) is 11.2. The molecule has 3 rings (SSSR count). The van der Waals surface area contributed by atoms with E-state index < -0.39 is 0 Å². The third-order valence-corrected chi connectivity index (χ3v) is 3.87. The van der Waals surface area contributed by atoms with Gasteiger partial charge in [0.25, 0.3) is 5.91 Å². The van der Waals surface area contributed by atoms with E-state index in [1.807, 2.05) is 23.6 Å². The van der Waals surface area contributed by atoms with Gasteiger partial charge in [-0.1, -0.05) is 30.3 Å². The van der Waals surface area contributed by atoms with Crippen molar-refractivity contribution in [1.82, 2.24) is 20.3 Å². The normalized spacial score (nSPS) is 10.5. The van der Waals surface area contributed by atoms with Crippen LogP contribution >= 0.6 is 11.3 Å². The molecular formula is C15H14N4OS. The monoisotopic (exact) mass is 298 g/mol. The number of rotatable bonds is 5. The van der Waals surface area contributed by atoms with Crippen molar-refractivity contribution >= 4 is 17.2 Å². The van der Waals surface area contributed by atoms with Crippen LogP contribution in [0.4, 0.5) is 0 Å². The molecule has 2 N–H and O–H groups in total. The summed E-state index contributed by atoms with van der Waals surface area (Å²) < 4.78 is 0. The molecular weight excluding hydrogens is 284 g/mol. The van der Waals surface area contributed by atoms with Gasteiger partial charge < -0.3 is 10.3 Å². The summed E-state index contributed by atoms with van der Waals surface area (Å²) in [4.78, 5) is 22.9. The first-order valence-electron chi connectivity index (χ1n) is 6.55. The number of amides is 1. The molecule has 0 saturated carbocycles. The molecule has 1 aromatic carbocycles. The fourth-order valence-corrected chi connectivity index (χ4v) is 2.76. The fourth-order valence-electron chi connectivity index (χ4n) is 1.93. The SMILES string of the molecule is O=C(NCc1csc(Cc2ccccc2)n1)c1cnc[nH]1. The van der Waals surface area contributed by atoms with Crippen LogP contribution in [0.1, 0.15) is 26.8 Å². The Kier molecular flexibility index (Phi) is 4.07. The molecule has 0 saturated heterocycles. The van der Waals surface area contributed by atoms with E-state index in [0.29, 0.717) is 12.2 Å². The van der Waals surface area contributed by atoms with Crippen LogP contribution in [-0.4, -0.2) is 20.9 Å². The van der Waals surface area contributed by atoms with Gasteiger partial charge in [-0.05, 0) is 5.56 Å². The molecule has 106 valence electrons. The quantitative estimate of drug-likeness (QED) is 0.760. The fraction of sp³-hybridized carbons (Fsp3) is 0.133. The molecule has 3 aromatic rings. The van der Waals surface area contributed by atoms with E-state index in [9.17, 15) is 4.79 Å². The lowest BCUT2D eigenvalue weighted by Crippen LogP contribution is -2.23. The van der Waals surface area contributed by atoms with Crippen LogP contribution in [0.15, 0.2) is 48.2 Å². The van der Waals surface area contributed by atoms with Crippen molar-refractivity contribution in [3.05, 3.63) is 70.2 Å². The van der Waals surface area contributed by atoms with E-state index in [1.165, 1.54) is 18.1 Å². The predicted molar refractivity (Wildman–Crippen MR) is 81.1 cm³/mol. The molecule has 2 heterocycles. The topological polar surface area (TPSA) is 70.7 Å². The lowest BCUT2D eigenvalue weighted by Gasteiger charge is -2.00. The van der Waals surface area contributed by atoms with Crippen LogP contribution in [0, 0.1) is 0 Å². The molecule has 0 aliphatic carbocycles. The van der Waals surface area contributed by atoms with Gasteiger partial charge in [0.15, 0.2) is 0 Å². The highest BCUT2D eigenvalue weighted by atomic mass is 32.1. The number of aromatic nitrogens is 3.